The zero-order valence-corrected chi connectivity index (χ0v) is 15.5. The van der Waals surface area contributed by atoms with E-state index in [0.717, 1.165) is 24.1 Å². The van der Waals surface area contributed by atoms with Crippen LogP contribution in [0.5, 0.6) is 0 Å². The van der Waals surface area contributed by atoms with E-state index < -0.39 is 0 Å². The molecule has 3 rings (SSSR count). The van der Waals surface area contributed by atoms with E-state index in [1.807, 2.05) is 25.7 Å². The van der Waals surface area contributed by atoms with Crippen LogP contribution in [0, 0.1) is 19.8 Å². The second-order valence-electron chi connectivity index (χ2n) is 7.36. The molecule has 1 aliphatic carbocycles. The van der Waals surface area contributed by atoms with Gasteiger partial charge in [0.05, 0.1) is 11.7 Å². The summed E-state index contributed by atoms with van der Waals surface area (Å²) >= 11 is 0. The number of hydrogen-bond acceptors (Lipinski definition) is 4. The molecule has 2 aliphatic rings. The Morgan fingerprint density at radius 3 is 2.16 bits per heavy atom. The number of nitrogens with one attached hydrogen (secondary N) is 1. The minimum Gasteiger partial charge on any atom is -0.355 e. The van der Waals surface area contributed by atoms with Crippen molar-refractivity contribution in [3.8, 4) is 0 Å². The Balaban J connectivity index is 1.66. The van der Waals surface area contributed by atoms with Crippen LogP contribution in [0.1, 0.15) is 58.8 Å². The molecule has 1 aliphatic heterocycles. The molecule has 6 nitrogen and oxygen atoms in total. The third kappa shape index (κ3) is 3.40. The van der Waals surface area contributed by atoms with Crippen molar-refractivity contribution in [3.05, 3.63) is 22.5 Å². The molecule has 25 heavy (non-hydrogen) atoms. The highest BCUT2D eigenvalue weighted by molar-refractivity contribution is 6.05. The largest absolute Gasteiger partial charge is 0.355 e. The van der Waals surface area contributed by atoms with Crippen molar-refractivity contribution in [1.29, 1.82) is 0 Å². The number of aryl methyl sites for hydroxylation is 1. The molecule has 2 heterocycles. The van der Waals surface area contributed by atoms with Crippen LogP contribution in [0.3, 0.4) is 0 Å². The fraction of sp³-hybridized carbons (Fsp3) is 0.632. The highest BCUT2D eigenvalue weighted by Crippen LogP contribution is 2.31. The zero-order chi connectivity index (χ0) is 18.3. The fourth-order valence-corrected chi connectivity index (χ4v) is 3.82. The molecule has 0 radical (unpaired) electrons. The molecule has 1 N–H and O–H groups in total. The Morgan fingerprint density at radius 2 is 1.68 bits per heavy atom. The molecule has 1 amide bonds. The molecule has 136 valence electrons. The Morgan fingerprint density at radius 1 is 1.08 bits per heavy atom. The number of amides is 1. The van der Waals surface area contributed by atoms with Crippen molar-refractivity contribution >= 4 is 17.5 Å². The number of carbonyl (C=O) groups excluding carboxylic acids is 3. The van der Waals surface area contributed by atoms with Crippen LogP contribution in [-0.4, -0.2) is 64.5 Å². The van der Waals surface area contributed by atoms with E-state index in [1.165, 1.54) is 6.92 Å². The summed E-state index contributed by atoms with van der Waals surface area (Å²) in [5.74, 6) is 0.515. The standard InChI is InChI=1S/C19H27N3O3/c1-11-16(14(4)23)12(2)20-17(11)18(24)13(3)21-7-9-22(10-8-21)19(25)15-5-6-15/h13,15,20H,5-10H2,1-4H3/t13-/m0/s1. The van der Waals surface area contributed by atoms with Gasteiger partial charge in [0, 0.05) is 43.4 Å². The predicted molar refractivity (Wildman–Crippen MR) is 94.9 cm³/mol. The summed E-state index contributed by atoms with van der Waals surface area (Å²) in [5, 5.41) is 0. The van der Waals surface area contributed by atoms with Gasteiger partial charge in [0.1, 0.15) is 0 Å². The quantitative estimate of drug-likeness (QED) is 0.828. The van der Waals surface area contributed by atoms with Gasteiger partial charge in [-0.25, -0.2) is 0 Å². The number of H-pyrrole nitrogens is 1. The number of ketones is 2. The molecular weight excluding hydrogens is 318 g/mol. The van der Waals surface area contributed by atoms with Gasteiger partial charge in [-0.05, 0) is 46.1 Å². The Labute approximate surface area is 148 Å². The maximum absolute atomic E-state index is 12.9. The van der Waals surface area contributed by atoms with Crippen molar-refractivity contribution < 1.29 is 14.4 Å². The van der Waals surface area contributed by atoms with E-state index in [9.17, 15) is 14.4 Å². The zero-order valence-electron chi connectivity index (χ0n) is 15.5. The molecule has 0 aromatic carbocycles. The van der Waals surface area contributed by atoms with Gasteiger partial charge in [0.25, 0.3) is 0 Å². The first-order valence-corrected chi connectivity index (χ1v) is 9.08. The average molecular weight is 345 g/mol. The van der Waals surface area contributed by atoms with Crippen LogP contribution in [0.4, 0.5) is 0 Å². The summed E-state index contributed by atoms with van der Waals surface area (Å²) in [6, 6.07) is -0.269. The first-order valence-electron chi connectivity index (χ1n) is 9.08. The van der Waals surface area contributed by atoms with Gasteiger partial charge in [-0.2, -0.15) is 0 Å². The van der Waals surface area contributed by atoms with Gasteiger partial charge < -0.3 is 9.88 Å². The van der Waals surface area contributed by atoms with E-state index in [2.05, 4.69) is 9.88 Å². The van der Waals surface area contributed by atoms with Gasteiger partial charge in [0.2, 0.25) is 5.91 Å². The first kappa shape index (κ1) is 17.9. The fourth-order valence-electron chi connectivity index (χ4n) is 3.82. The Kier molecular flexibility index (Phi) is 4.82. The second-order valence-corrected chi connectivity index (χ2v) is 7.36. The molecule has 1 saturated carbocycles. The summed E-state index contributed by atoms with van der Waals surface area (Å²) in [6.45, 7) is 9.89. The molecule has 1 saturated heterocycles. The van der Waals surface area contributed by atoms with E-state index in [-0.39, 0.29) is 29.4 Å². The van der Waals surface area contributed by atoms with Gasteiger partial charge in [-0.3, -0.25) is 19.3 Å². The third-order valence-electron chi connectivity index (χ3n) is 5.52. The van der Waals surface area contributed by atoms with Crippen molar-refractivity contribution in [2.24, 2.45) is 5.92 Å². The number of Topliss-reactive ketones (excluding diaryl/α,β-unsaturated/α-hetero) is 2. The minimum absolute atomic E-state index is 0.00932. The topological polar surface area (TPSA) is 73.5 Å². The van der Waals surface area contributed by atoms with Crippen LogP contribution >= 0.6 is 0 Å². The first-order chi connectivity index (χ1) is 11.8. The number of hydrogen-bond donors (Lipinski definition) is 1. The van der Waals surface area contributed by atoms with Crippen LogP contribution < -0.4 is 0 Å². The lowest BCUT2D eigenvalue weighted by Gasteiger charge is -2.37. The Bertz CT molecular complexity index is 710. The lowest BCUT2D eigenvalue weighted by molar-refractivity contribution is -0.134. The van der Waals surface area contributed by atoms with E-state index >= 15 is 0 Å². The summed E-state index contributed by atoms with van der Waals surface area (Å²) in [7, 11) is 0. The highest BCUT2D eigenvalue weighted by Gasteiger charge is 2.36. The minimum atomic E-state index is -0.269. The molecule has 0 bridgehead atoms. The Hall–Kier alpha value is -1.95. The van der Waals surface area contributed by atoms with Crippen LogP contribution in [-0.2, 0) is 4.79 Å². The molecule has 1 atom stereocenters. The van der Waals surface area contributed by atoms with Gasteiger partial charge >= 0.3 is 0 Å². The summed E-state index contributed by atoms with van der Waals surface area (Å²) < 4.78 is 0. The summed E-state index contributed by atoms with van der Waals surface area (Å²) in [6.07, 6.45) is 2.05. The van der Waals surface area contributed by atoms with E-state index in [4.69, 9.17) is 0 Å². The smallest absolute Gasteiger partial charge is 0.225 e. The number of aromatic nitrogens is 1. The molecule has 1 aromatic heterocycles. The van der Waals surface area contributed by atoms with Crippen molar-refractivity contribution in [2.45, 2.75) is 46.6 Å². The van der Waals surface area contributed by atoms with E-state index in [1.54, 1.807) is 0 Å². The maximum atomic E-state index is 12.9. The highest BCUT2D eigenvalue weighted by atomic mass is 16.2. The van der Waals surface area contributed by atoms with Crippen LogP contribution in [0.15, 0.2) is 0 Å². The summed E-state index contributed by atoms with van der Waals surface area (Å²) in [5.41, 5.74) is 2.65. The molecule has 0 unspecified atom stereocenters. The van der Waals surface area contributed by atoms with Crippen LogP contribution in [0.2, 0.25) is 0 Å². The molecule has 1 aromatic rings. The monoisotopic (exact) mass is 345 g/mol. The van der Waals surface area contributed by atoms with Crippen molar-refractivity contribution in [1.82, 2.24) is 14.8 Å². The lowest BCUT2D eigenvalue weighted by Crippen LogP contribution is -2.53. The normalized spacial score (nSPS) is 19.8. The number of nitrogens with zero attached hydrogens (tertiary/aromatic N) is 2. The van der Waals surface area contributed by atoms with Gasteiger partial charge in [-0.1, -0.05) is 0 Å². The van der Waals surface area contributed by atoms with Gasteiger partial charge in [0.15, 0.2) is 11.6 Å². The predicted octanol–water partition coefficient (Wildman–Crippen LogP) is 1.96. The number of rotatable bonds is 5. The molecule has 6 heteroatoms. The third-order valence-corrected chi connectivity index (χ3v) is 5.52. The van der Waals surface area contributed by atoms with Crippen LogP contribution in [0.25, 0.3) is 0 Å². The SMILES string of the molecule is CC(=O)c1c(C)[nH]c(C(=O)[C@H](C)N2CCN(C(=O)C3CC3)CC2)c1C. The van der Waals surface area contributed by atoms with Crippen molar-refractivity contribution in [2.75, 3.05) is 26.2 Å². The van der Waals surface area contributed by atoms with Crippen molar-refractivity contribution in [3.63, 3.8) is 0 Å². The molecule has 2 fully saturated rings. The lowest BCUT2D eigenvalue weighted by atomic mass is 10.0. The maximum Gasteiger partial charge on any atom is 0.225 e. The molecular formula is C19H27N3O3. The second kappa shape index (κ2) is 6.75. The number of piperazine rings is 1. The average Bonchev–Trinajstić information content (AvgIpc) is 3.38. The number of aromatic amines is 1. The van der Waals surface area contributed by atoms with E-state index in [0.29, 0.717) is 37.4 Å². The summed E-state index contributed by atoms with van der Waals surface area (Å²) in [4.78, 5) is 44.0. The number of carbonyl (C=O) groups is 3. The van der Waals surface area contributed by atoms with Gasteiger partial charge in [-0.15, -0.1) is 0 Å². The molecule has 0 spiro atoms.